The minimum Gasteiger partial charge on any atom is -0.487 e. The summed E-state index contributed by atoms with van der Waals surface area (Å²) in [6, 6.07) is 19.8. The first kappa shape index (κ1) is 19.0. The number of rotatable bonds is 3. The van der Waals surface area contributed by atoms with Crippen LogP contribution in [0.3, 0.4) is 0 Å². The Kier molecular flexibility index (Phi) is 4.80. The summed E-state index contributed by atoms with van der Waals surface area (Å²) in [5.74, 6) is 1.05. The van der Waals surface area contributed by atoms with Crippen molar-refractivity contribution in [3.8, 4) is 5.75 Å². The molecule has 0 bridgehead atoms. The lowest BCUT2D eigenvalue weighted by atomic mass is 9.84. The summed E-state index contributed by atoms with van der Waals surface area (Å²) >= 11 is 6.45. The molecule has 0 saturated heterocycles. The molecule has 3 aromatic rings. The standard InChI is InChI=1S/C26H28ClNO/c1-17-14-20(27)15-23-24(16-26(29-25(17)23)12-5-6-13-26)28-18(2)21-11-7-9-19-8-3-4-10-22(19)21/h3-4,7-11,14-15,18,24,28H,5-6,12-13,16H2,1-2H3/t18?,24-/m0/s1. The Labute approximate surface area is 178 Å². The van der Waals surface area contributed by atoms with Crippen LogP contribution in [0.5, 0.6) is 5.75 Å². The summed E-state index contributed by atoms with van der Waals surface area (Å²) in [5.41, 5.74) is 3.67. The van der Waals surface area contributed by atoms with E-state index in [0.717, 1.165) is 35.6 Å². The zero-order valence-corrected chi connectivity index (χ0v) is 17.9. The van der Waals surface area contributed by atoms with Gasteiger partial charge in [-0.05, 0) is 73.6 Å². The van der Waals surface area contributed by atoms with E-state index in [9.17, 15) is 0 Å². The van der Waals surface area contributed by atoms with E-state index in [-0.39, 0.29) is 17.7 Å². The third kappa shape index (κ3) is 3.43. The van der Waals surface area contributed by atoms with Gasteiger partial charge in [-0.1, -0.05) is 54.1 Å². The molecule has 1 unspecified atom stereocenters. The Morgan fingerprint density at radius 3 is 2.66 bits per heavy atom. The summed E-state index contributed by atoms with van der Waals surface area (Å²) < 4.78 is 6.66. The van der Waals surface area contributed by atoms with Gasteiger partial charge in [-0.3, -0.25) is 0 Å². The summed E-state index contributed by atoms with van der Waals surface area (Å²) in [6.45, 7) is 4.39. The number of hydrogen-bond acceptors (Lipinski definition) is 2. The Morgan fingerprint density at radius 1 is 1.07 bits per heavy atom. The predicted molar refractivity (Wildman–Crippen MR) is 121 cm³/mol. The number of nitrogens with one attached hydrogen (secondary N) is 1. The van der Waals surface area contributed by atoms with E-state index in [0.29, 0.717) is 0 Å². The fraction of sp³-hybridized carbons (Fsp3) is 0.385. The van der Waals surface area contributed by atoms with Crippen LogP contribution in [0.2, 0.25) is 5.02 Å². The lowest BCUT2D eigenvalue weighted by molar-refractivity contribution is 0.0343. The van der Waals surface area contributed by atoms with Crippen LogP contribution in [-0.2, 0) is 0 Å². The molecule has 1 spiro atoms. The first-order valence-corrected chi connectivity index (χ1v) is 11.2. The van der Waals surface area contributed by atoms with Gasteiger partial charge < -0.3 is 10.1 Å². The maximum Gasteiger partial charge on any atom is 0.127 e. The van der Waals surface area contributed by atoms with Gasteiger partial charge in [0.15, 0.2) is 0 Å². The maximum atomic E-state index is 6.66. The molecule has 1 N–H and O–H groups in total. The molecule has 2 atom stereocenters. The van der Waals surface area contributed by atoms with Gasteiger partial charge in [-0.15, -0.1) is 0 Å². The molecule has 3 aromatic carbocycles. The third-order valence-electron chi connectivity index (χ3n) is 6.79. The van der Waals surface area contributed by atoms with Crippen molar-refractivity contribution in [2.45, 2.75) is 63.6 Å². The highest BCUT2D eigenvalue weighted by atomic mass is 35.5. The lowest BCUT2D eigenvalue weighted by Crippen LogP contribution is -2.43. The molecule has 1 saturated carbocycles. The van der Waals surface area contributed by atoms with Crippen LogP contribution in [0.4, 0.5) is 0 Å². The molecule has 0 radical (unpaired) electrons. The van der Waals surface area contributed by atoms with Crippen molar-refractivity contribution in [2.75, 3.05) is 0 Å². The van der Waals surface area contributed by atoms with Crippen molar-refractivity contribution in [1.82, 2.24) is 5.32 Å². The molecule has 5 rings (SSSR count). The number of aryl methyl sites for hydroxylation is 1. The number of halogens is 1. The number of fused-ring (bicyclic) bond motifs is 2. The van der Waals surface area contributed by atoms with Gasteiger partial charge in [-0.2, -0.15) is 0 Å². The summed E-state index contributed by atoms with van der Waals surface area (Å²) in [5, 5.41) is 7.35. The second kappa shape index (κ2) is 7.34. The van der Waals surface area contributed by atoms with Crippen molar-refractivity contribution in [3.63, 3.8) is 0 Å². The van der Waals surface area contributed by atoms with Crippen LogP contribution in [0, 0.1) is 6.92 Å². The van der Waals surface area contributed by atoms with Crippen molar-refractivity contribution >= 4 is 22.4 Å². The molecule has 0 amide bonds. The highest BCUT2D eigenvalue weighted by Crippen LogP contribution is 2.49. The van der Waals surface area contributed by atoms with Gasteiger partial charge >= 0.3 is 0 Å². The molecule has 0 aromatic heterocycles. The highest BCUT2D eigenvalue weighted by Gasteiger charge is 2.44. The molecule has 1 aliphatic heterocycles. The van der Waals surface area contributed by atoms with Gasteiger partial charge in [-0.25, -0.2) is 0 Å². The van der Waals surface area contributed by atoms with Crippen molar-refractivity contribution in [1.29, 1.82) is 0 Å². The zero-order valence-electron chi connectivity index (χ0n) is 17.2. The van der Waals surface area contributed by atoms with Crippen molar-refractivity contribution in [2.24, 2.45) is 0 Å². The first-order valence-electron chi connectivity index (χ1n) is 10.8. The topological polar surface area (TPSA) is 21.3 Å². The molecular weight excluding hydrogens is 378 g/mol. The molecule has 29 heavy (non-hydrogen) atoms. The van der Waals surface area contributed by atoms with E-state index < -0.39 is 0 Å². The largest absolute Gasteiger partial charge is 0.487 e. The normalized spacial score (nSPS) is 21.1. The number of benzene rings is 3. The Morgan fingerprint density at radius 2 is 1.83 bits per heavy atom. The average molecular weight is 406 g/mol. The van der Waals surface area contributed by atoms with E-state index in [1.807, 2.05) is 6.07 Å². The zero-order chi connectivity index (χ0) is 20.0. The van der Waals surface area contributed by atoms with Crippen LogP contribution in [-0.4, -0.2) is 5.60 Å². The van der Waals surface area contributed by atoms with Gasteiger partial charge in [0.1, 0.15) is 11.4 Å². The Bertz CT molecular complexity index is 1050. The average Bonchev–Trinajstić information content (AvgIpc) is 3.16. The van der Waals surface area contributed by atoms with Gasteiger partial charge in [0.05, 0.1) is 0 Å². The van der Waals surface area contributed by atoms with Crippen LogP contribution in [0.1, 0.15) is 67.8 Å². The second-order valence-corrected chi connectivity index (χ2v) is 9.28. The molecule has 2 aliphatic rings. The predicted octanol–water partition coefficient (Wildman–Crippen LogP) is 7.29. The second-order valence-electron chi connectivity index (χ2n) is 8.85. The van der Waals surface area contributed by atoms with E-state index in [4.69, 9.17) is 16.3 Å². The van der Waals surface area contributed by atoms with Gasteiger partial charge in [0, 0.05) is 29.1 Å². The quantitative estimate of drug-likeness (QED) is 0.494. The SMILES string of the molecule is Cc1cc(Cl)cc2c1OC1(CCCC1)C[C@@H]2NC(C)c1cccc2ccccc12. The van der Waals surface area contributed by atoms with E-state index in [2.05, 4.69) is 67.7 Å². The molecule has 3 heteroatoms. The van der Waals surface area contributed by atoms with Gasteiger partial charge in [0.25, 0.3) is 0 Å². The lowest BCUT2D eigenvalue weighted by Gasteiger charge is -2.42. The minimum absolute atomic E-state index is 0.0261. The summed E-state index contributed by atoms with van der Waals surface area (Å²) in [6.07, 6.45) is 5.82. The van der Waals surface area contributed by atoms with Crippen LogP contribution in [0.15, 0.2) is 54.6 Å². The van der Waals surface area contributed by atoms with Gasteiger partial charge in [0.2, 0.25) is 0 Å². The molecule has 1 heterocycles. The Hall–Kier alpha value is -2.03. The summed E-state index contributed by atoms with van der Waals surface area (Å²) in [7, 11) is 0. The molecule has 1 aliphatic carbocycles. The number of ether oxygens (including phenoxy) is 1. The summed E-state index contributed by atoms with van der Waals surface area (Å²) in [4.78, 5) is 0. The monoisotopic (exact) mass is 405 g/mol. The van der Waals surface area contributed by atoms with Crippen LogP contribution >= 0.6 is 11.6 Å². The Balaban J connectivity index is 1.53. The molecule has 150 valence electrons. The first-order chi connectivity index (χ1) is 14.0. The van der Waals surface area contributed by atoms with E-state index >= 15 is 0 Å². The fourth-order valence-electron chi connectivity index (χ4n) is 5.39. The van der Waals surface area contributed by atoms with Crippen LogP contribution in [0.25, 0.3) is 10.8 Å². The molecular formula is C26H28ClNO. The number of hydrogen-bond donors (Lipinski definition) is 1. The van der Waals surface area contributed by atoms with Crippen LogP contribution < -0.4 is 10.1 Å². The molecule has 1 fully saturated rings. The smallest absolute Gasteiger partial charge is 0.127 e. The van der Waals surface area contributed by atoms with E-state index in [1.165, 1.54) is 34.7 Å². The minimum atomic E-state index is -0.0261. The third-order valence-corrected chi connectivity index (χ3v) is 7.01. The van der Waals surface area contributed by atoms with Crippen molar-refractivity contribution < 1.29 is 4.74 Å². The van der Waals surface area contributed by atoms with Crippen molar-refractivity contribution in [3.05, 3.63) is 76.3 Å². The van der Waals surface area contributed by atoms with E-state index in [1.54, 1.807) is 0 Å². The fourth-order valence-corrected chi connectivity index (χ4v) is 5.67. The molecule has 2 nitrogen and oxygen atoms in total. The highest BCUT2D eigenvalue weighted by molar-refractivity contribution is 6.30. The maximum absolute atomic E-state index is 6.66.